The number of nitrogens with two attached hydrogens (primary N) is 1. The number of carbonyl (C=O) groups is 1. The Labute approximate surface area is 109 Å². The molecule has 0 saturated carbocycles. The molecule has 0 atom stereocenters. The number of likely N-dealkylation sites (tertiary alicyclic amines) is 1. The molecule has 1 aromatic rings. The van der Waals surface area contributed by atoms with Gasteiger partial charge in [0.05, 0.1) is 0 Å². The Balaban J connectivity index is 2.10. The van der Waals surface area contributed by atoms with Crippen LogP contribution in [0.5, 0.6) is 0 Å². The first-order chi connectivity index (χ1) is 8.20. The highest BCUT2D eigenvalue weighted by Gasteiger charge is 2.14. The summed E-state index contributed by atoms with van der Waals surface area (Å²) in [7, 11) is 0. The lowest BCUT2D eigenvalue weighted by atomic mass is 10.1. The van der Waals surface area contributed by atoms with Crippen molar-refractivity contribution in [1.82, 2.24) is 10.3 Å². The average Bonchev–Trinajstić information content (AvgIpc) is 2.83. The van der Waals surface area contributed by atoms with Gasteiger partial charge < -0.3 is 0 Å². The lowest BCUT2D eigenvalue weighted by Gasteiger charge is -2.16. The molecule has 1 aromatic carbocycles. The van der Waals surface area contributed by atoms with Crippen LogP contribution in [0, 0.1) is 0 Å². The number of nitrogens with one attached hydrogen (secondary N) is 1. The summed E-state index contributed by atoms with van der Waals surface area (Å²) >= 11 is 3.50. The second-order valence-corrected chi connectivity index (χ2v) is 5.12. The van der Waals surface area contributed by atoms with Crippen molar-refractivity contribution in [1.29, 1.82) is 0 Å². The van der Waals surface area contributed by atoms with Crippen LogP contribution in [0.3, 0.4) is 0 Å². The Morgan fingerprint density at radius 2 is 2.12 bits per heavy atom. The van der Waals surface area contributed by atoms with Crippen LogP contribution in [0.1, 0.15) is 28.8 Å². The van der Waals surface area contributed by atoms with Gasteiger partial charge in [-0.15, -0.1) is 0 Å². The van der Waals surface area contributed by atoms with E-state index in [0.29, 0.717) is 5.56 Å². The Morgan fingerprint density at radius 1 is 1.41 bits per heavy atom. The highest BCUT2D eigenvalue weighted by atomic mass is 79.9. The Kier molecular flexibility index (Phi) is 4.15. The van der Waals surface area contributed by atoms with Gasteiger partial charge in [-0.3, -0.25) is 15.1 Å². The van der Waals surface area contributed by atoms with Gasteiger partial charge in [0, 0.05) is 16.6 Å². The fourth-order valence-electron chi connectivity index (χ4n) is 2.08. The Morgan fingerprint density at radius 3 is 2.71 bits per heavy atom. The zero-order chi connectivity index (χ0) is 12.3. The number of carbonyl (C=O) groups excluding carboxylic acids is 1. The number of amides is 1. The van der Waals surface area contributed by atoms with Crippen molar-refractivity contribution in [2.75, 3.05) is 13.1 Å². The molecule has 5 heteroatoms. The zero-order valence-corrected chi connectivity index (χ0v) is 11.2. The highest BCUT2D eigenvalue weighted by Crippen LogP contribution is 2.22. The number of nitrogen functional groups attached to an aromatic ring is 1. The van der Waals surface area contributed by atoms with E-state index < -0.39 is 0 Å². The van der Waals surface area contributed by atoms with E-state index in [4.69, 9.17) is 5.84 Å². The normalized spacial score (nSPS) is 16.1. The van der Waals surface area contributed by atoms with Crippen molar-refractivity contribution in [2.45, 2.75) is 19.4 Å². The fraction of sp³-hybridized carbons (Fsp3) is 0.417. The first-order valence-corrected chi connectivity index (χ1v) is 6.52. The SMILES string of the molecule is NNC(=O)c1ccc(CN2CCCC2)c(Br)c1. The molecular weight excluding hydrogens is 282 g/mol. The standard InChI is InChI=1S/C12H16BrN3O/c13-11-7-9(12(17)15-14)3-4-10(11)8-16-5-1-2-6-16/h3-4,7H,1-2,5-6,8,14H2,(H,15,17). The van der Waals surface area contributed by atoms with E-state index in [9.17, 15) is 4.79 Å². The van der Waals surface area contributed by atoms with Crippen molar-refractivity contribution in [3.05, 3.63) is 33.8 Å². The van der Waals surface area contributed by atoms with Gasteiger partial charge in [-0.2, -0.15) is 0 Å². The highest BCUT2D eigenvalue weighted by molar-refractivity contribution is 9.10. The monoisotopic (exact) mass is 297 g/mol. The largest absolute Gasteiger partial charge is 0.299 e. The predicted molar refractivity (Wildman–Crippen MR) is 70.3 cm³/mol. The molecule has 1 aliphatic heterocycles. The number of rotatable bonds is 3. The predicted octanol–water partition coefficient (Wildman–Crippen LogP) is 1.65. The summed E-state index contributed by atoms with van der Waals surface area (Å²) in [5, 5.41) is 0. The number of hydrazine groups is 1. The van der Waals surface area contributed by atoms with Crippen LogP contribution in [0.4, 0.5) is 0 Å². The second-order valence-electron chi connectivity index (χ2n) is 4.26. The van der Waals surface area contributed by atoms with Crippen LogP contribution < -0.4 is 11.3 Å². The number of nitrogens with zero attached hydrogens (tertiary/aromatic N) is 1. The summed E-state index contributed by atoms with van der Waals surface area (Å²) in [5.41, 5.74) is 3.91. The van der Waals surface area contributed by atoms with Crippen LogP contribution in [0.25, 0.3) is 0 Å². The van der Waals surface area contributed by atoms with E-state index in [1.165, 1.54) is 18.4 Å². The van der Waals surface area contributed by atoms with Gasteiger partial charge in [-0.25, -0.2) is 5.84 Å². The van der Waals surface area contributed by atoms with Crippen LogP contribution in [-0.2, 0) is 6.54 Å². The molecule has 2 rings (SSSR count). The van der Waals surface area contributed by atoms with E-state index in [1.807, 2.05) is 12.1 Å². The minimum absolute atomic E-state index is 0.265. The molecule has 1 fully saturated rings. The van der Waals surface area contributed by atoms with Gasteiger partial charge in [-0.1, -0.05) is 22.0 Å². The van der Waals surface area contributed by atoms with Gasteiger partial charge in [0.15, 0.2) is 0 Å². The number of hydrogen-bond acceptors (Lipinski definition) is 3. The molecule has 0 aromatic heterocycles. The van der Waals surface area contributed by atoms with Crippen molar-refractivity contribution in [3.63, 3.8) is 0 Å². The van der Waals surface area contributed by atoms with Crippen molar-refractivity contribution in [2.24, 2.45) is 5.84 Å². The third kappa shape index (κ3) is 3.06. The molecular formula is C12H16BrN3O. The molecule has 1 aliphatic rings. The van der Waals surface area contributed by atoms with Crippen molar-refractivity contribution >= 4 is 21.8 Å². The molecule has 17 heavy (non-hydrogen) atoms. The van der Waals surface area contributed by atoms with Crippen LogP contribution in [-0.4, -0.2) is 23.9 Å². The number of benzene rings is 1. The Bertz CT molecular complexity index is 416. The molecule has 1 saturated heterocycles. The molecule has 0 bridgehead atoms. The minimum Gasteiger partial charge on any atom is -0.299 e. The lowest BCUT2D eigenvalue weighted by Crippen LogP contribution is -2.30. The summed E-state index contributed by atoms with van der Waals surface area (Å²) in [6, 6.07) is 5.60. The molecule has 4 nitrogen and oxygen atoms in total. The van der Waals surface area contributed by atoms with Gasteiger partial charge >= 0.3 is 0 Å². The maximum Gasteiger partial charge on any atom is 0.265 e. The zero-order valence-electron chi connectivity index (χ0n) is 9.58. The molecule has 0 unspecified atom stereocenters. The van der Waals surface area contributed by atoms with E-state index in [1.54, 1.807) is 6.07 Å². The second kappa shape index (κ2) is 5.62. The molecule has 0 spiro atoms. The minimum atomic E-state index is -0.265. The molecule has 92 valence electrons. The molecule has 1 heterocycles. The van der Waals surface area contributed by atoms with Crippen LogP contribution >= 0.6 is 15.9 Å². The van der Waals surface area contributed by atoms with Gasteiger partial charge in [-0.05, 0) is 43.6 Å². The van der Waals surface area contributed by atoms with E-state index in [0.717, 1.165) is 24.1 Å². The summed E-state index contributed by atoms with van der Waals surface area (Å²) in [6.45, 7) is 3.26. The van der Waals surface area contributed by atoms with Gasteiger partial charge in [0.25, 0.3) is 5.91 Å². The smallest absolute Gasteiger partial charge is 0.265 e. The summed E-state index contributed by atoms with van der Waals surface area (Å²) in [4.78, 5) is 13.8. The molecule has 0 radical (unpaired) electrons. The average molecular weight is 298 g/mol. The topological polar surface area (TPSA) is 58.4 Å². The maximum atomic E-state index is 11.4. The third-order valence-corrected chi connectivity index (χ3v) is 3.78. The van der Waals surface area contributed by atoms with Crippen molar-refractivity contribution in [3.8, 4) is 0 Å². The third-order valence-electron chi connectivity index (χ3n) is 3.04. The molecule has 1 amide bonds. The van der Waals surface area contributed by atoms with Gasteiger partial charge in [0.2, 0.25) is 0 Å². The molecule has 0 aliphatic carbocycles. The first kappa shape index (κ1) is 12.5. The lowest BCUT2D eigenvalue weighted by molar-refractivity contribution is 0.0953. The fourth-order valence-corrected chi connectivity index (χ4v) is 2.59. The van der Waals surface area contributed by atoms with E-state index >= 15 is 0 Å². The summed E-state index contributed by atoms with van der Waals surface area (Å²) in [5.74, 6) is 4.84. The van der Waals surface area contributed by atoms with Crippen LogP contribution in [0.2, 0.25) is 0 Å². The quantitative estimate of drug-likeness (QED) is 0.507. The summed E-state index contributed by atoms with van der Waals surface area (Å²) < 4.78 is 0.963. The van der Waals surface area contributed by atoms with E-state index in [-0.39, 0.29) is 5.91 Å². The molecule has 3 N–H and O–H groups in total. The number of hydrogen-bond donors (Lipinski definition) is 2. The maximum absolute atomic E-state index is 11.4. The Hall–Kier alpha value is -0.910. The van der Waals surface area contributed by atoms with Crippen molar-refractivity contribution < 1.29 is 4.79 Å². The van der Waals surface area contributed by atoms with E-state index in [2.05, 4.69) is 26.3 Å². The van der Waals surface area contributed by atoms with Gasteiger partial charge in [0.1, 0.15) is 0 Å². The van der Waals surface area contributed by atoms with Crippen LogP contribution in [0.15, 0.2) is 22.7 Å². The first-order valence-electron chi connectivity index (χ1n) is 5.72. The summed E-state index contributed by atoms with van der Waals surface area (Å²) in [6.07, 6.45) is 2.57. The number of halogens is 1.